The van der Waals surface area contributed by atoms with Crippen molar-refractivity contribution in [3.05, 3.63) is 29.8 Å². The average Bonchev–Trinajstić information content (AvgIpc) is 2.46. The molecule has 5 heteroatoms. The molecule has 0 saturated carbocycles. The molecule has 4 nitrogen and oxygen atoms in total. The highest BCUT2D eigenvalue weighted by atomic mass is 127. The van der Waals surface area contributed by atoms with Crippen LogP contribution in [0.3, 0.4) is 0 Å². The van der Waals surface area contributed by atoms with Crippen molar-refractivity contribution in [1.29, 1.82) is 0 Å². The summed E-state index contributed by atoms with van der Waals surface area (Å²) in [6.07, 6.45) is 5.00. The largest absolute Gasteiger partial charge is 0.508 e. The zero-order valence-corrected chi connectivity index (χ0v) is 15.4. The third-order valence-corrected chi connectivity index (χ3v) is 3.02. The number of phenolic OH excluding ortho intramolecular Hbond substituents is 1. The molecule has 1 rings (SSSR count). The maximum atomic E-state index is 9.24. The van der Waals surface area contributed by atoms with Crippen molar-refractivity contribution in [3.8, 4) is 5.75 Å². The summed E-state index contributed by atoms with van der Waals surface area (Å²) in [5.74, 6) is 1.15. The average molecular weight is 405 g/mol. The van der Waals surface area contributed by atoms with Crippen molar-refractivity contribution >= 4 is 29.9 Å². The van der Waals surface area contributed by atoms with Gasteiger partial charge in [0, 0.05) is 13.1 Å². The van der Waals surface area contributed by atoms with Gasteiger partial charge in [-0.2, -0.15) is 0 Å². The number of guanidine groups is 1. The molecule has 0 aliphatic rings. The quantitative estimate of drug-likeness (QED) is 0.268. The molecular formula is C16H28IN3O. The summed E-state index contributed by atoms with van der Waals surface area (Å²) in [5, 5.41) is 15.8. The number of rotatable bonds is 8. The second kappa shape index (κ2) is 12.7. The summed E-state index contributed by atoms with van der Waals surface area (Å²) in [6.45, 7) is 6.72. The number of hydrogen-bond donors (Lipinski definition) is 3. The summed E-state index contributed by atoms with van der Waals surface area (Å²) < 4.78 is 0. The van der Waals surface area contributed by atoms with Crippen LogP contribution in [0.1, 0.15) is 45.1 Å². The number of halogens is 1. The number of nitrogens with one attached hydrogen (secondary N) is 2. The van der Waals surface area contributed by atoms with Crippen LogP contribution in [-0.2, 0) is 6.54 Å². The number of unbranched alkanes of at least 4 members (excludes halogenated alkanes) is 3. The highest BCUT2D eigenvalue weighted by Crippen LogP contribution is 2.10. The molecule has 0 unspecified atom stereocenters. The molecule has 0 aliphatic carbocycles. The minimum atomic E-state index is 0. The van der Waals surface area contributed by atoms with E-state index in [0.717, 1.165) is 24.6 Å². The molecule has 0 heterocycles. The first kappa shape index (κ1) is 20.0. The summed E-state index contributed by atoms with van der Waals surface area (Å²) in [6, 6.07) is 7.17. The molecule has 3 N–H and O–H groups in total. The predicted molar refractivity (Wildman–Crippen MR) is 100 cm³/mol. The van der Waals surface area contributed by atoms with E-state index < -0.39 is 0 Å². The lowest BCUT2D eigenvalue weighted by molar-refractivity contribution is 0.475. The van der Waals surface area contributed by atoms with E-state index in [1.807, 2.05) is 12.1 Å². The fourth-order valence-electron chi connectivity index (χ4n) is 1.87. The maximum absolute atomic E-state index is 9.24. The van der Waals surface area contributed by atoms with Gasteiger partial charge in [0.05, 0.1) is 6.54 Å². The van der Waals surface area contributed by atoms with E-state index in [0.29, 0.717) is 12.3 Å². The number of benzene rings is 1. The van der Waals surface area contributed by atoms with Crippen LogP contribution in [0, 0.1) is 0 Å². The van der Waals surface area contributed by atoms with Crippen LogP contribution in [0.25, 0.3) is 0 Å². The third kappa shape index (κ3) is 9.55. The van der Waals surface area contributed by atoms with E-state index in [9.17, 15) is 5.11 Å². The van der Waals surface area contributed by atoms with Crippen LogP contribution in [0.5, 0.6) is 5.75 Å². The Labute approximate surface area is 145 Å². The molecule has 0 saturated heterocycles. The molecule has 0 spiro atoms. The van der Waals surface area contributed by atoms with Crippen LogP contribution in [0.2, 0.25) is 0 Å². The Morgan fingerprint density at radius 1 is 1.05 bits per heavy atom. The molecule has 0 aliphatic heterocycles. The summed E-state index contributed by atoms with van der Waals surface area (Å²) in [4.78, 5) is 4.54. The molecular weight excluding hydrogens is 377 g/mol. The fraction of sp³-hybridized carbons (Fsp3) is 0.562. The van der Waals surface area contributed by atoms with E-state index in [1.165, 1.54) is 25.7 Å². The van der Waals surface area contributed by atoms with Crippen LogP contribution in [0.4, 0.5) is 0 Å². The van der Waals surface area contributed by atoms with Crippen molar-refractivity contribution in [3.63, 3.8) is 0 Å². The molecule has 0 bridgehead atoms. The first-order chi connectivity index (χ1) is 9.76. The van der Waals surface area contributed by atoms with Crippen LogP contribution < -0.4 is 10.6 Å². The fourth-order valence-corrected chi connectivity index (χ4v) is 1.87. The zero-order chi connectivity index (χ0) is 14.6. The van der Waals surface area contributed by atoms with Crippen LogP contribution >= 0.6 is 24.0 Å². The minimum Gasteiger partial charge on any atom is -0.508 e. The molecule has 0 radical (unpaired) electrons. The molecule has 0 amide bonds. The second-order valence-electron chi connectivity index (χ2n) is 4.85. The van der Waals surface area contributed by atoms with Gasteiger partial charge in [-0.25, -0.2) is 4.99 Å². The van der Waals surface area contributed by atoms with Gasteiger partial charge in [-0.3, -0.25) is 0 Å². The Bertz CT molecular complexity index is 393. The minimum absolute atomic E-state index is 0. The smallest absolute Gasteiger partial charge is 0.191 e. The van der Waals surface area contributed by atoms with Gasteiger partial charge in [-0.05, 0) is 31.0 Å². The Kier molecular flexibility index (Phi) is 12.1. The molecule has 21 heavy (non-hydrogen) atoms. The standard InChI is InChI=1S/C16H27N3O.HI/c1-3-5-6-7-12-18-16(17-4-2)19-13-14-8-10-15(20)11-9-14;/h8-11,20H,3-7,12-13H2,1-2H3,(H2,17,18,19);1H. The Balaban J connectivity index is 0.00000400. The van der Waals surface area contributed by atoms with Gasteiger partial charge in [0.2, 0.25) is 0 Å². The van der Waals surface area contributed by atoms with Crippen molar-refractivity contribution in [2.24, 2.45) is 4.99 Å². The maximum Gasteiger partial charge on any atom is 0.191 e. The van der Waals surface area contributed by atoms with Gasteiger partial charge in [0.25, 0.3) is 0 Å². The third-order valence-electron chi connectivity index (χ3n) is 3.02. The number of hydrogen-bond acceptors (Lipinski definition) is 2. The summed E-state index contributed by atoms with van der Waals surface area (Å²) in [7, 11) is 0. The Morgan fingerprint density at radius 2 is 1.76 bits per heavy atom. The van der Waals surface area contributed by atoms with Gasteiger partial charge in [-0.15, -0.1) is 24.0 Å². The molecule has 0 aromatic heterocycles. The molecule has 120 valence electrons. The van der Waals surface area contributed by atoms with E-state index in [4.69, 9.17) is 0 Å². The molecule has 0 atom stereocenters. The number of aromatic hydroxyl groups is 1. The molecule has 1 aromatic carbocycles. The van der Waals surface area contributed by atoms with Gasteiger partial charge in [0.1, 0.15) is 5.75 Å². The first-order valence-corrected chi connectivity index (χ1v) is 7.56. The van der Waals surface area contributed by atoms with Crippen LogP contribution in [0.15, 0.2) is 29.3 Å². The van der Waals surface area contributed by atoms with Gasteiger partial charge in [-0.1, -0.05) is 38.3 Å². The SMILES string of the molecule is CCCCCCNC(=NCc1ccc(O)cc1)NCC.I. The number of phenols is 1. The number of nitrogens with zero attached hydrogens (tertiary/aromatic N) is 1. The highest BCUT2D eigenvalue weighted by Gasteiger charge is 1.97. The van der Waals surface area contributed by atoms with Crippen molar-refractivity contribution < 1.29 is 5.11 Å². The van der Waals surface area contributed by atoms with Gasteiger partial charge < -0.3 is 15.7 Å². The lowest BCUT2D eigenvalue weighted by atomic mass is 10.2. The Hall–Kier alpha value is -0.980. The van der Waals surface area contributed by atoms with Crippen molar-refractivity contribution in [2.75, 3.05) is 13.1 Å². The van der Waals surface area contributed by atoms with E-state index in [1.54, 1.807) is 12.1 Å². The normalized spacial score (nSPS) is 10.9. The van der Waals surface area contributed by atoms with E-state index in [-0.39, 0.29) is 24.0 Å². The highest BCUT2D eigenvalue weighted by molar-refractivity contribution is 14.0. The van der Waals surface area contributed by atoms with Crippen molar-refractivity contribution in [2.45, 2.75) is 46.1 Å². The molecule has 0 fully saturated rings. The molecule has 1 aromatic rings. The summed E-state index contributed by atoms with van der Waals surface area (Å²) in [5.41, 5.74) is 1.09. The zero-order valence-electron chi connectivity index (χ0n) is 13.1. The Morgan fingerprint density at radius 3 is 2.38 bits per heavy atom. The predicted octanol–water partition coefficient (Wildman–Crippen LogP) is 3.65. The second-order valence-corrected chi connectivity index (χ2v) is 4.85. The van der Waals surface area contributed by atoms with Crippen molar-refractivity contribution in [1.82, 2.24) is 10.6 Å². The van der Waals surface area contributed by atoms with Gasteiger partial charge in [0.15, 0.2) is 5.96 Å². The lowest BCUT2D eigenvalue weighted by Crippen LogP contribution is -2.37. The number of aliphatic imine (C=N–C) groups is 1. The van der Waals surface area contributed by atoms with Gasteiger partial charge >= 0.3 is 0 Å². The first-order valence-electron chi connectivity index (χ1n) is 7.56. The van der Waals surface area contributed by atoms with E-state index in [2.05, 4.69) is 29.5 Å². The summed E-state index contributed by atoms with van der Waals surface area (Å²) >= 11 is 0. The topological polar surface area (TPSA) is 56.7 Å². The monoisotopic (exact) mass is 405 g/mol. The lowest BCUT2D eigenvalue weighted by Gasteiger charge is -2.11. The van der Waals surface area contributed by atoms with Crippen LogP contribution in [-0.4, -0.2) is 24.2 Å². The van der Waals surface area contributed by atoms with E-state index >= 15 is 0 Å².